The van der Waals surface area contributed by atoms with E-state index in [4.69, 9.17) is 0 Å². The van der Waals surface area contributed by atoms with Crippen LogP contribution >= 0.6 is 0 Å². The van der Waals surface area contributed by atoms with Crippen LogP contribution in [0.25, 0.3) is 39.6 Å². The number of aromatic carboxylic acids is 1. The maximum absolute atomic E-state index is 13.3. The monoisotopic (exact) mass is 407 g/mol. The summed E-state index contributed by atoms with van der Waals surface area (Å²) in [5, 5.41) is 10.9. The molecule has 0 amide bonds. The molecule has 31 heavy (non-hydrogen) atoms. The van der Waals surface area contributed by atoms with Crippen molar-refractivity contribution >= 4 is 39.9 Å². The van der Waals surface area contributed by atoms with Crippen molar-refractivity contribution < 1.29 is 9.90 Å². The Morgan fingerprint density at radius 3 is 2.55 bits per heavy atom. The van der Waals surface area contributed by atoms with Gasteiger partial charge in [-0.15, -0.1) is 0 Å². The number of nitrogens with zero attached hydrogens (tertiary/aromatic N) is 2. The first kappa shape index (κ1) is 18.6. The van der Waals surface area contributed by atoms with Crippen LogP contribution in [0.4, 0.5) is 0 Å². The molecule has 0 bridgehead atoms. The van der Waals surface area contributed by atoms with Gasteiger partial charge in [0, 0.05) is 17.1 Å². The fourth-order valence-corrected chi connectivity index (χ4v) is 3.69. The highest BCUT2D eigenvalue weighted by Gasteiger charge is 2.13. The van der Waals surface area contributed by atoms with Crippen LogP contribution in [-0.2, 0) is 0 Å². The number of para-hydroxylation sites is 2. The van der Waals surface area contributed by atoms with Gasteiger partial charge in [0.05, 0.1) is 22.2 Å². The van der Waals surface area contributed by atoms with Crippen molar-refractivity contribution in [3.05, 3.63) is 106 Å². The third-order valence-electron chi connectivity index (χ3n) is 5.19. The van der Waals surface area contributed by atoms with E-state index in [1.54, 1.807) is 36.4 Å². The molecule has 0 saturated carbocycles. The molecule has 5 aromatic rings. The molecule has 150 valence electrons. The average molecular weight is 407 g/mol. The van der Waals surface area contributed by atoms with E-state index in [0.29, 0.717) is 22.4 Å². The van der Waals surface area contributed by atoms with E-state index in [1.165, 1.54) is 16.7 Å². The summed E-state index contributed by atoms with van der Waals surface area (Å²) < 4.78 is 1.44. The summed E-state index contributed by atoms with van der Waals surface area (Å²) in [5.41, 5.74) is 2.85. The first-order valence-corrected chi connectivity index (χ1v) is 9.71. The zero-order chi connectivity index (χ0) is 21.4. The Hall–Kier alpha value is -4.45. The Bertz CT molecular complexity index is 1540. The van der Waals surface area contributed by atoms with Gasteiger partial charge in [0.2, 0.25) is 0 Å². The Morgan fingerprint density at radius 2 is 1.71 bits per heavy atom. The van der Waals surface area contributed by atoms with E-state index < -0.39 is 5.97 Å². The normalized spacial score (nSPS) is 11.5. The minimum absolute atomic E-state index is 0.101. The Morgan fingerprint density at radius 1 is 0.935 bits per heavy atom. The summed E-state index contributed by atoms with van der Waals surface area (Å²) in [7, 11) is 0. The van der Waals surface area contributed by atoms with E-state index in [2.05, 4.69) is 9.97 Å². The van der Waals surface area contributed by atoms with Crippen molar-refractivity contribution in [1.82, 2.24) is 14.5 Å². The van der Waals surface area contributed by atoms with Gasteiger partial charge < -0.3 is 10.1 Å². The molecule has 5 rings (SSSR count). The molecule has 0 atom stereocenters. The summed E-state index contributed by atoms with van der Waals surface area (Å²) in [6.07, 6.45) is 5.57. The molecule has 3 aromatic carbocycles. The number of rotatable bonds is 4. The number of H-pyrrole nitrogens is 1. The second-order valence-electron chi connectivity index (χ2n) is 7.11. The molecular formula is C25H17N3O3. The van der Waals surface area contributed by atoms with Gasteiger partial charge in [-0.3, -0.25) is 9.36 Å². The number of hydrogen-bond acceptors (Lipinski definition) is 3. The smallest absolute Gasteiger partial charge is 0.335 e. The molecule has 0 radical (unpaired) electrons. The molecule has 2 N–H and O–H groups in total. The fraction of sp³-hybridized carbons (Fsp3) is 0. The van der Waals surface area contributed by atoms with Gasteiger partial charge in [-0.25, -0.2) is 9.78 Å². The Kier molecular flexibility index (Phi) is 4.45. The molecule has 0 spiro atoms. The van der Waals surface area contributed by atoms with Gasteiger partial charge >= 0.3 is 5.97 Å². The first-order chi connectivity index (χ1) is 15.1. The van der Waals surface area contributed by atoms with E-state index in [0.717, 1.165) is 16.5 Å². The molecule has 6 nitrogen and oxygen atoms in total. The van der Waals surface area contributed by atoms with Crippen LogP contribution in [0.1, 0.15) is 21.7 Å². The number of nitrogens with one attached hydrogen (secondary N) is 1. The van der Waals surface area contributed by atoms with Crippen molar-refractivity contribution in [3.8, 4) is 5.69 Å². The predicted molar refractivity (Wildman–Crippen MR) is 122 cm³/mol. The van der Waals surface area contributed by atoms with Crippen molar-refractivity contribution in [2.24, 2.45) is 0 Å². The molecule has 6 heteroatoms. The number of carboxylic acids is 1. The molecule has 0 unspecified atom stereocenters. The Balaban J connectivity index is 1.73. The summed E-state index contributed by atoms with van der Waals surface area (Å²) >= 11 is 0. The van der Waals surface area contributed by atoms with Gasteiger partial charge in [0.1, 0.15) is 5.82 Å². The number of hydrogen-bond donors (Lipinski definition) is 2. The zero-order valence-corrected chi connectivity index (χ0v) is 16.3. The molecular weight excluding hydrogens is 390 g/mol. The third kappa shape index (κ3) is 3.30. The van der Waals surface area contributed by atoms with E-state index in [9.17, 15) is 14.7 Å². The highest BCUT2D eigenvalue weighted by atomic mass is 16.4. The maximum Gasteiger partial charge on any atom is 0.335 e. The van der Waals surface area contributed by atoms with Crippen molar-refractivity contribution in [2.75, 3.05) is 0 Å². The predicted octanol–water partition coefficient (Wildman–Crippen LogP) is 4.74. The number of benzene rings is 3. The summed E-state index contributed by atoms with van der Waals surface area (Å²) in [5.74, 6) is -0.643. The second kappa shape index (κ2) is 7.42. The molecule has 0 fully saturated rings. The topological polar surface area (TPSA) is 88.0 Å². The fourth-order valence-electron chi connectivity index (χ4n) is 3.69. The lowest BCUT2D eigenvalue weighted by Gasteiger charge is -2.12. The summed E-state index contributed by atoms with van der Waals surface area (Å²) in [6, 6.07) is 21.3. The lowest BCUT2D eigenvalue weighted by atomic mass is 10.1. The molecule has 2 aromatic heterocycles. The summed E-state index contributed by atoms with van der Waals surface area (Å²) in [6.45, 7) is 0. The molecule has 0 saturated heterocycles. The van der Waals surface area contributed by atoms with Gasteiger partial charge in [-0.1, -0.05) is 36.4 Å². The van der Waals surface area contributed by atoms with Gasteiger partial charge in [0.25, 0.3) is 5.56 Å². The zero-order valence-electron chi connectivity index (χ0n) is 16.3. The number of fused-ring (bicyclic) bond motifs is 2. The van der Waals surface area contributed by atoms with Crippen LogP contribution in [-0.4, -0.2) is 25.6 Å². The number of carboxylic acid groups (broad SMARTS) is 1. The standard InChI is InChI=1S/C25H17N3O3/c29-24-20-9-2-4-11-22(20)27-23(28(24)18-7-5-6-16(14-18)25(30)31)13-12-17-15-26-21-10-3-1-8-19(17)21/h1-15,26H,(H,30,31)/b13-12+. The van der Waals surface area contributed by atoms with Crippen LogP contribution in [0.3, 0.4) is 0 Å². The summed E-state index contributed by atoms with van der Waals surface area (Å²) in [4.78, 5) is 32.7. The lowest BCUT2D eigenvalue weighted by Crippen LogP contribution is -2.22. The van der Waals surface area contributed by atoms with Gasteiger partial charge in [0.15, 0.2) is 0 Å². The number of carbonyl (C=O) groups is 1. The quantitative estimate of drug-likeness (QED) is 0.451. The number of aromatic nitrogens is 3. The van der Waals surface area contributed by atoms with Crippen molar-refractivity contribution in [3.63, 3.8) is 0 Å². The molecule has 2 heterocycles. The maximum atomic E-state index is 13.3. The van der Waals surface area contributed by atoms with Crippen molar-refractivity contribution in [2.45, 2.75) is 0 Å². The third-order valence-corrected chi connectivity index (χ3v) is 5.19. The Labute approximate surface area is 176 Å². The molecule has 0 aliphatic heterocycles. The molecule has 0 aliphatic carbocycles. The number of aromatic amines is 1. The average Bonchev–Trinajstić information content (AvgIpc) is 3.21. The van der Waals surface area contributed by atoms with Crippen LogP contribution < -0.4 is 5.56 Å². The highest BCUT2D eigenvalue weighted by molar-refractivity contribution is 5.92. The van der Waals surface area contributed by atoms with E-state index in [1.807, 2.05) is 42.6 Å². The van der Waals surface area contributed by atoms with E-state index >= 15 is 0 Å². The highest BCUT2D eigenvalue weighted by Crippen LogP contribution is 2.21. The SMILES string of the molecule is O=C(O)c1cccc(-n2c(/C=C/c3c[nH]c4ccccc34)nc3ccccc3c2=O)c1. The molecule has 0 aliphatic rings. The first-order valence-electron chi connectivity index (χ1n) is 9.71. The van der Waals surface area contributed by atoms with Crippen molar-refractivity contribution in [1.29, 1.82) is 0 Å². The van der Waals surface area contributed by atoms with Gasteiger partial charge in [-0.2, -0.15) is 0 Å². The van der Waals surface area contributed by atoms with Crippen LogP contribution in [0.5, 0.6) is 0 Å². The van der Waals surface area contributed by atoms with E-state index in [-0.39, 0.29) is 11.1 Å². The minimum atomic E-state index is -1.06. The van der Waals surface area contributed by atoms with Crippen LogP contribution in [0, 0.1) is 0 Å². The van der Waals surface area contributed by atoms with Crippen LogP contribution in [0.2, 0.25) is 0 Å². The second-order valence-corrected chi connectivity index (χ2v) is 7.11. The minimum Gasteiger partial charge on any atom is -0.478 e. The largest absolute Gasteiger partial charge is 0.478 e. The van der Waals surface area contributed by atoms with Gasteiger partial charge in [-0.05, 0) is 54.1 Å². The van der Waals surface area contributed by atoms with Crippen LogP contribution in [0.15, 0.2) is 83.8 Å². The lowest BCUT2D eigenvalue weighted by molar-refractivity contribution is 0.0697.